The lowest BCUT2D eigenvalue weighted by Crippen LogP contribution is -2.23. The SMILES string of the molecule is Cc1cccc(CNS(=O)(=O)c2ccc(CC(=O)O)s2)n1. The Bertz CT molecular complexity index is 753. The first-order valence-electron chi connectivity index (χ1n) is 6.09. The van der Waals surface area contributed by atoms with Gasteiger partial charge in [-0.2, -0.15) is 0 Å². The molecule has 0 bridgehead atoms. The fraction of sp³-hybridized carbons (Fsp3) is 0.231. The summed E-state index contributed by atoms with van der Waals surface area (Å²) in [7, 11) is -3.65. The highest BCUT2D eigenvalue weighted by atomic mass is 32.2. The van der Waals surface area contributed by atoms with Gasteiger partial charge in [-0.1, -0.05) is 6.07 Å². The molecule has 21 heavy (non-hydrogen) atoms. The van der Waals surface area contributed by atoms with Crippen molar-refractivity contribution in [3.8, 4) is 0 Å². The zero-order valence-electron chi connectivity index (χ0n) is 11.2. The lowest BCUT2D eigenvalue weighted by molar-refractivity contribution is -0.136. The van der Waals surface area contributed by atoms with E-state index in [1.807, 2.05) is 19.1 Å². The van der Waals surface area contributed by atoms with Crippen LogP contribution < -0.4 is 4.72 Å². The summed E-state index contributed by atoms with van der Waals surface area (Å²) >= 11 is 0.955. The fourth-order valence-electron chi connectivity index (χ4n) is 1.68. The van der Waals surface area contributed by atoms with Crippen LogP contribution in [0, 0.1) is 6.92 Å². The van der Waals surface area contributed by atoms with Crippen molar-refractivity contribution in [1.82, 2.24) is 9.71 Å². The quantitative estimate of drug-likeness (QED) is 0.840. The van der Waals surface area contributed by atoms with Crippen molar-refractivity contribution in [2.45, 2.75) is 24.1 Å². The average molecular weight is 326 g/mol. The first-order chi connectivity index (χ1) is 9.87. The van der Waals surface area contributed by atoms with Gasteiger partial charge in [0.05, 0.1) is 18.7 Å². The Morgan fingerprint density at radius 1 is 1.33 bits per heavy atom. The fourth-order valence-corrected chi connectivity index (χ4v) is 4.08. The van der Waals surface area contributed by atoms with Crippen molar-refractivity contribution in [3.63, 3.8) is 0 Å². The first-order valence-corrected chi connectivity index (χ1v) is 8.39. The molecule has 8 heteroatoms. The highest BCUT2D eigenvalue weighted by Gasteiger charge is 2.17. The number of hydrogen-bond donors (Lipinski definition) is 2. The summed E-state index contributed by atoms with van der Waals surface area (Å²) in [6.07, 6.45) is -0.181. The number of aryl methyl sites for hydroxylation is 1. The van der Waals surface area contributed by atoms with Gasteiger partial charge in [-0.3, -0.25) is 9.78 Å². The number of aromatic nitrogens is 1. The number of nitrogens with one attached hydrogen (secondary N) is 1. The lowest BCUT2D eigenvalue weighted by atomic mass is 10.3. The molecule has 0 fully saturated rings. The van der Waals surface area contributed by atoms with Gasteiger partial charge < -0.3 is 5.11 Å². The number of aliphatic carboxylic acids is 1. The van der Waals surface area contributed by atoms with Crippen LogP contribution in [-0.2, 0) is 27.8 Å². The first kappa shape index (κ1) is 15.6. The Kier molecular flexibility index (Phi) is 4.71. The zero-order valence-corrected chi connectivity index (χ0v) is 12.9. The second-order valence-corrected chi connectivity index (χ2v) is 7.55. The van der Waals surface area contributed by atoms with E-state index < -0.39 is 16.0 Å². The highest BCUT2D eigenvalue weighted by molar-refractivity contribution is 7.91. The largest absolute Gasteiger partial charge is 0.481 e. The van der Waals surface area contributed by atoms with Gasteiger partial charge in [0.1, 0.15) is 4.21 Å². The Morgan fingerprint density at radius 3 is 2.76 bits per heavy atom. The van der Waals surface area contributed by atoms with E-state index >= 15 is 0 Å². The maximum absolute atomic E-state index is 12.1. The standard InChI is InChI=1S/C13H14N2O4S2/c1-9-3-2-4-10(15-9)8-14-21(18,19)13-6-5-11(20-13)7-12(16)17/h2-6,14H,7-8H2,1H3,(H,16,17). The van der Waals surface area contributed by atoms with Crippen molar-refractivity contribution in [1.29, 1.82) is 0 Å². The topological polar surface area (TPSA) is 96.4 Å². The van der Waals surface area contributed by atoms with Crippen LogP contribution in [0.1, 0.15) is 16.3 Å². The second kappa shape index (κ2) is 6.33. The van der Waals surface area contributed by atoms with Crippen molar-refractivity contribution in [2.75, 3.05) is 0 Å². The number of nitrogens with zero attached hydrogens (tertiary/aromatic N) is 1. The van der Waals surface area contributed by atoms with Crippen molar-refractivity contribution in [2.24, 2.45) is 0 Å². The number of hydrogen-bond acceptors (Lipinski definition) is 5. The van der Waals surface area contributed by atoms with Gasteiger partial charge in [0, 0.05) is 10.6 Å². The minimum atomic E-state index is -3.65. The third-order valence-electron chi connectivity index (χ3n) is 2.62. The molecule has 0 spiro atoms. The molecular weight excluding hydrogens is 312 g/mol. The summed E-state index contributed by atoms with van der Waals surface area (Å²) in [6, 6.07) is 8.30. The molecule has 0 aliphatic rings. The zero-order chi connectivity index (χ0) is 15.5. The molecule has 0 aromatic carbocycles. The van der Waals surface area contributed by atoms with Gasteiger partial charge in [-0.05, 0) is 31.2 Å². The minimum Gasteiger partial charge on any atom is -0.481 e. The normalized spacial score (nSPS) is 11.5. The lowest BCUT2D eigenvalue weighted by Gasteiger charge is -2.04. The maximum atomic E-state index is 12.1. The molecule has 2 aromatic rings. The van der Waals surface area contributed by atoms with Crippen molar-refractivity contribution < 1.29 is 18.3 Å². The third kappa shape index (κ3) is 4.35. The van der Waals surface area contributed by atoms with Crippen LogP contribution >= 0.6 is 11.3 Å². The third-order valence-corrected chi connectivity index (χ3v) is 5.59. The molecular formula is C13H14N2O4S2. The molecule has 0 aliphatic heterocycles. The number of sulfonamides is 1. The van der Waals surface area contributed by atoms with E-state index in [4.69, 9.17) is 5.11 Å². The predicted octanol–water partition coefficient (Wildman–Crippen LogP) is 1.56. The van der Waals surface area contributed by atoms with Crippen LogP contribution in [0.15, 0.2) is 34.5 Å². The summed E-state index contributed by atoms with van der Waals surface area (Å²) in [5.41, 5.74) is 1.44. The van der Waals surface area contributed by atoms with E-state index in [0.29, 0.717) is 10.6 Å². The molecule has 0 radical (unpaired) electrons. The Morgan fingerprint density at radius 2 is 2.10 bits per heavy atom. The molecule has 6 nitrogen and oxygen atoms in total. The molecule has 0 amide bonds. The van der Waals surface area contributed by atoms with Gasteiger partial charge in [0.25, 0.3) is 0 Å². The van der Waals surface area contributed by atoms with E-state index in [2.05, 4.69) is 9.71 Å². The number of carbonyl (C=O) groups is 1. The van der Waals surface area contributed by atoms with Crippen LogP contribution in [0.4, 0.5) is 0 Å². The van der Waals surface area contributed by atoms with Crippen molar-refractivity contribution in [3.05, 3.63) is 46.6 Å². The van der Waals surface area contributed by atoms with Crippen LogP contribution in [0.3, 0.4) is 0 Å². The Balaban J connectivity index is 2.08. The minimum absolute atomic E-state index is 0.0934. The maximum Gasteiger partial charge on any atom is 0.308 e. The molecule has 2 N–H and O–H groups in total. The number of carboxylic acid groups (broad SMARTS) is 1. The molecule has 2 heterocycles. The molecule has 0 saturated heterocycles. The van der Waals surface area contributed by atoms with Crippen LogP contribution in [0.2, 0.25) is 0 Å². The molecule has 2 rings (SSSR count). The van der Waals surface area contributed by atoms with Gasteiger partial charge in [0.15, 0.2) is 0 Å². The Labute approximate surface area is 126 Å². The van der Waals surface area contributed by atoms with Gasteiger partial charge in [-0.15, -0.1) is 11.3 Å². The highest BCUT2D eigenvalue weighted by Crippen LogP contribution is 2.22. The summed E-state index contributed by atoms with van der Waals surface area (Å²) in [5.74, 6) is -0.988. The number of rotatable bonds is 6. The molecule has 0 atom stereocenters. The number of pyridine rings is 1. The Hall–Kier alpha value is -1.77. The average Bonchev–Trinajstić information content (AvgIpc) is 2.85. The van der Waals surface area contributed by atoms with E-state index in [0.717, 1.165) is 17.0 Å². The molecule has 0 unspecified atom stereocenters. The number of thiophene rings is 1. The van der Waals surface area contributed by atoms with E-state index in [1.165, 1.54) is 12.1 Å². The van der Waals surface area contributed by atoms with Gasteiger partial charge >= 0.3 is 5.97 Å². The molecule has 0 saturated carbocycles. The summed E-state index contributed by atoms with van der Waals surface area (Å²) < 4.78 is 26.8. The predicted molar refractivity (Wildman–Crippen MR) is 78.7 cm³/mol. The molecule has 2 aromatic heterocycles. The van der Waals surface area contributed by atoms with E-state index in [-0.39, 0.29) is 17.2 Å². The summed E-state index contributed by atoms with van der Waals surface area (Å²) in [4.78, 5) is 15.3. The monoisotopic (exact) mass is 326 g/mol. The van der Waals surface area contributed by atoms with Crippen LogP contribution in [0.25, 0.3) is 0 Å². The molecule has 0 aliphatic carbocycles. The second-order valence-electron chi connectivity index (χ2n) is 4.39. The summed E-state index contributed by atoms with van der Waals surface area (Å²) in [6.45, 7) is 1.92. The number of carboxylic acids is 1. The van der Waals surface area contributed by atoms with E-state index in [1.54, 1.807) is 6.07 Å². The molecule has 112 valence electrons. The van der Waals surface area contributed by atoms with Gasteiger partial charge in [-0.25, -0.2) is 13.1 Å². The smallest absolute Gasteiger partial charge is 0.308 e. The van der Waals surface area contributed by atoms with Gasteiger partial charge in [0.2, 0.25) is 10.0 Å². The van der Waals surface area contributed by atoms with E-state index in [9.17, 15) is 13.2 Å². The summed E-state index contributed by atoms with van der Waals surface area (Å²) in [5, 5.41) is 8.69. The van der Waals surface area contributed by atoms with Crippen molar-refractivity contribution >= 4 is 27.3 Å². The van der Waals surface area contributed by atoms with Crippen LogP contribution in [-0.4, -0.2) is 24.5 Å². The van der Waals surface area contributed by atoms with Crippen LogP contribution in [0.5, 0.6) is 0 Å².